The molecule has 1 aliphatic carbocycles. The van der Waals surface area contributed by atoms with Crippen molar-refractivity contribution in [2.75, 3.05) is 0 Å². The molecule has 0 radical (unpaired) electrons. The van der Waals surface area contributed by atoms with E-state index in [2.05, 4.69) is 13.5 Å². The van der Waals surface area contributed by atoms with Crippen LogP contribution >= 0.6 is 0 Å². The van der Waals surface area contributed by atoms with E-state index in [1.165, 1.54) is 19.3 Å². The van der Waals surface area contributed by atoms with Gasteiger partial charge in [0.25, 0.3) is 0 Å². The van der Waals surface area contributed by atoms with Crippen LogP contribution in [0.25, 0.3) is 0 Å². The molecular formula is C13H22O2. The average molecular weight is 210 g/mol. The van der Waals surface area contributed by atoms with E-state index in [-0.39, 0.29) is 12.1 Å². The van der Waals surface area contributed by atoms with Gasteiger partial charge in [-0.3, -0.25) is 0 Å². The van der Waals surface area contributed by atoms with Crippen LogP contribution in [-0.4, -0.2) is 12.1 Å². The molecule has 2 heteroatoms. The number of ether oxygens (including phenoxy) is 1. The van der Waals surface area contributed by atoms with Crippen LogP contribution in [0.1, 0.15) is 52.4 Å². The molecule has 1 rings (SSSR count). The first-order valence-electron chi connectivity index (χ1n) is 6.07. The molecule has 0 aromatic heterocycles. The summed E-state index contributed by atoms with van der Waals surface area (Å²) in [5.41, 5.74) is 0.593. The van der Waals surface area contributed by atoms with E-state index in [0.29, 0.717) is 17.9 Å². The fourth-order valence-electron chi connectivity index (χ4n) is 2.16. The Morgan fingerprint density at radius 3 is 2.60 bits per heavy atom. The predicted octanol–water partition coefficient (Wildman–Crippen LogP) is 3.46. The first-order chi connectivity index (χ1) is 7.19. The Bertz CT molecular complexity index is 233. The van der Waals surface area contributed by atoms with Crippen molar-refractivity contribution < 1.29 is 9.53 Å². The van der Waals surface area contributed by atoms with E-state index in [0.717, 1.165) is 12.8 Å². The number of carbonyl (C=O) groups is 1. The molecule has 86 valence electrons. The molecule has 2 atom stereocenters. The van der Waals surface area contributed by atoms with E-state index in [4.69, 9.17) is 4.74 Å². The van der Waals surface area contributed by atoms with E-state index >= 15 is 0 Å². The van der Waals surface area contributed by atoms with Crippen molar-refractivity contribution in [1.82, 2.24) is 0 Å². The van der Waals surface area contributed by atoms with Crippen LogP contribution in [0.4, 0.5) is 0 Å². The lowest BCUT2D eigenvalue weighted by molar-refractivity contribution is -0.149. The molecule has 0 amide bonds. The maximum atomic E-state index is 11.6. The minimum atomic E-state index is -0.192. The third-order valence-corrected chi connectivity index (χ3v) is 3.34. The summed E-state index contributed by atoms with van der Waals surface area (Å²) in [4.78, 5) is 11.6. The van der Waals surface area contributed by atoms with Crippen LogP contribution in [-0.2, 0) is 9.53 Å². The van der Waals surface area contributed by atoms with Crippen LogP contribution in [0.3, 0.4) is 0 Å². The Kier molecular flexibility index (Phi) is 4.86. The van der Waals surface area contributed by atoms with Crippen molar-refractivity contribution in [2.24, 2.45) is 5.92 Å². The van der Waals surface area contributed by atoms with Crippen LogP contribution in [0, 0.1) is 5.92 Å². The van der Waals surface area contributed by atoms with E-state index in [1.807, 2.05) is 6.92 Å². The van der Waals surface area contributed by atoms with E-state index < -0.39 is 0 Å². The van der Waals surface area contributed by atoms with Crippen LogP contribution in [0.2, 0.25) is 0 Å². The monoisotopic (exact) mass is 210 g/mol. The minimum absolute atomic E-state index is 0.138. The fraction of sp³-hybridized carbons (Fsp3) is 0.769. The first kappa shape index (κ1) is 12.3. The maximum absolute atomic E-state index is 11.6. The zero-order chi connectivity index (χ0) is 11.3. The summed E-state index contributed by atoms with van der Waals surface area (Å²) in [5, 5.41) is 0. The van der Waals surface area contributed by atoms with Crippen molar-refractivity contribution in [3.63, 3.8) is 0 Å². The predicted molar refractivity (Wildman–Crippen MR) is 61.6 cm³/mol. The molecular weight excluding hydrogens is 188 g/mol. The van der Waals surface area contributed by atoms with Crippen molar-refractivity contribution >= 4 is 5.97 Å². The second kappa shape index (κ2) is 5.94. The smallest absolute Gasteiger partial charge is 0.333 e. The number of hydrogen-bond donors (Lipinski definition) is 0. The van der Waals surface area contributed by atoms with Gasteiger partial charge in [-0.1, -0.05) is 26.8 Å². The second-order valence-electron chi connectivity index (χ2n) is 4.35. The van der Waals surface area contributed by atoms with Gasteiger partial charge in [0.05, 0.1) is 0 Å². The molecule has 2 nitrogen and oxygen atoms in total. The van der Waals surface area contributed by atoms with Gasteiger partial charge in [0.2, 0.25) is 0 Å². The van der Waals surface area contributed by atoms with Gasteiger partial charge < -0.3 is 4.74 Å². The molecule has 0 bridgehead atoms. The minimum Gasteiger partial charge on any atom is -0.459 e. The highest BCUT2D eigenvalue weighted by atomic mass is 16.5. The third kappa shape index (κ3) is 3.37. The summed E-state index contributed by atoms with van der Waals surface area (Å²) in [5.74, 6) is 0.371. The van der Waals surface area contributed by atoms with Gasteiger partial charge in [-0.05, 0) is 38.0 Å². The Balaban J connectivity index is 2.47. The number of esters is 1. The van der Waals surface area contributed by atoms with Crippen molar-refractivity contribution in [3.05, 3.63) is 12.2 Å². The molecule has 0 spiro atoms. The Labute approximate surface area is 92.7 Å². The van der Waals surface area contributed by atoms with Crippen LogP contribution in [0.15, 0.2) is 12.2 Å². The van der Waals surface area contributed by atoms with Crippen LogP contribution in [0.5, 0.6) is 0 Å². The van der Waals surface area contributed by atoms with Gasteiger partial charge in [0.15, 0.2) is 0 Å². The average Bonchev–Trinajstić information content (AvgIpc) is 2.28. The molecule has 1 fully saturated rings. The van der Waals surface area contributed by atoms with Gasteiger partial charge in [0.1, 0.15) is 6.10 Å². The van der Waals surface area contributed by atoms with E-state index in [1.54, 1.807) is 0 Å². The van der Waals surface area contributed by atoms with Crippen LogP contribution < -0.4 is 0 Å². The quantitative estimate of drug-likeness (QED) is 0.524. The lowest BCUT2D eigenvalue weighted by Crippen LogP contribution is -2.30. The molecule has 0 aromatic rings. The van der Waals surface area contributed by atoms with Crippen molar-refractivity contribution in [3.8, 4) is 0 Å². The van der Waals surface area contributed by atoms with Gasteiger partial charge in [-0.15, -0.1) is 0 Å². The normalized spacial score (nSPS) is 26.0. The standard InChI is InChI=1S/C13H22O2/c1-4-10(3)13(14)15-12-9-7-6-8-11(12)5-2/h11-12H,3-9H2,1-2H3. The van der Waals surface area contributed by atoms with Crippen molar-refractivity contribution in [1.29, 1.82) is 0 Å². The molecule has 15 heavy (non-hydrogen) atoms. The molecule has 1 saturated carbocycles. The van der Waals surface area contributed by atoms with Gasteiger partial charge >= 0.3 is 5.97 Å². The molecule has 0 aliphatic heterocycles. The van der Waals surface area contributed by atoms with Gasteiger partial charge in [-0.25, -0.2) is 4.79 Å². The summed E-state index contributed by atoms with van der Waals surface area (Å²) in [6, 6.07) is 0. The molecule has 0 aromatic carbocycles. The van der Waals surface area contributed by atoms with E-state index in [9.17, 15) is 4.79 Å². The Hall–Kier alpha value is -0.790. The molecule has 0 heterocycles. The number of carbonyl (C=O) groups excluding carboxylic acids is 1. The summed E-state index contributed by atoms with van der Waals surface area (Å²) < 4.78 is 5.51. The number of rotatable bonds is 4. The SMILES string of the molecule is C=C(CC)C(=O)OC1CCCCC1CC. The molecule has 0 N–H and O–H groups in total. The fourth-order valence-corrected chi connectivity index (χ4v) is 2.16. The largest absolute Gasteiger partial charge is 0.459 e. The van der Waals surface area contributed by atoms with Gasteiger partial charge in [-0.2, -0.15) is 0 Å². The molecule has 0 saturated heterocycles. The molecule has 2 unspecified atom stereocenters. The lowest BCUT2D eigenvalue weighted by atomic mass is 9.85. The first-order valence-corrected chi connectivity index (χ1v) is 6.07. The van der Waals surface area contributed by atoms with Gasteiger partial charge in [0, 0.05) is 5.57 Å². The third-order valence-electron chi connectivity index (χ3n) is 3.34. The highest BCUT2D eigenvalue weighted by Crippen LogP contribution is 2.29. The number of hydrogen-bond acceptors (Lipinski definition) is 2. The zero-order valence-electron chi connectivity index (χ0n) is 9.92. The topological polar surface area (TPSA) is 26.3 Å². The Morgan fingerprint density at radius 2 is 2.00 bits per heavy atom. The lowest BCUT2D eigenvalue weighted by Gasteiger charge is -2.30. The highest BCUT2D eigenvalue weighted by Gasteiger charge is 2.27. The summed E-state index contributed by atoms with van der Waals surface area (Å²) >= 11 is 0. The zero-order valence-corrected chi connectivity index (χ0v) is 9.92. The second-order valence-corrected chi connectivity index (χ2v) is 4.35. The summed E-state index contributed by atoms with van der Waals surface area (Å²) in [7, 11) is 0. The highest BCUT2D eigenvalue weighted by molar-refractivity contribution is 5.87. The summed E-state index contributed by atoms with van der Waals surface area (Å²) in [6.45, 7) is 7.82. The maximum Gasteiger partial charge on any atom is 0.333 e. The van der Waals surface area contributed by atoms with Crippen molar-refractivity contribution in [2.45, 2.75) is 58.5 Å². The summed E-state index contributed by atoms with van der Waals surface area (Å²) in [6.07, 6.45) is 6.63. The molecule has 1 aliphatic rings. The Morgan fingerprint density at radius 1 is 1.33 bits per heavy atom.